The molecule has 13 heavy (non-hydrogen) atoms. The van der Waals surface area contributed by atoms with E-state index in [1.54, 1.807) is 0 Å². The van der Waals surface area contributed by atoms with Crippen molar-refractivity contribution in [2.24, 2.45) is 0 Å². The lowest BCUT2D eigenvalue weighted by molar-refractivity contribution is 0.700. The average Bonchev–Trinajstić information content (AvgIpc) is 2.21. The normalized spacial score (nSPS) is 22.6. The van der Waals surface area contributed by atoms with Gasteiger partial charge in [-0.25, -0.2) is 0 Å². The Morgan fingerprint density at radius 3 is 2.69 bits per heavy atom. The van der Waals surface area contributed by atoms with E-state index in [1.165, 1.54) is 30.7 Å². The van der Waals surface area contributed by atoms with Gasteiger partial charge in [-0.1, -0.05) is 18.2 Å². The first-order valence-electron chi connectivity index (χ1n) is 4.88. The zero-order chi connectivity index (χ0) is 8.93. The summed E-state index contributed by atoms with van der Waals surface area (Å²) in [5, 5.41) is 4.18. The average molecular weight is 193 g/mol. The van der Waals surface area contributed by atoms with Crippen LogP contribution >= 0.6 is 11.8 Å². The molecule has 1 aromatic carbocycles. The van der Waals surface area contributed by atoms with E-state index in [-0.39, 0.29) is 0 Å². The number of para-hydroxylation sites is 1. The van der Waals surface area contributed by atoms with Gasteiger partial charge in [0.15, 0.2) is 0 Å². The molecule has 0 saturated carbocycles. The smallest absolute Gasteiger partial charge is 0.0722 e. The fraction of sp³-hybridized carbons (Fsp3) is 0.455. The Morgan fingerprint density at radius 2 is 2.00 bits per heavy atom. The van der Waals surface area contributed by atoms with Crippen LogP contribution in [0.1, 0.15) is 19.3 Å². The highest BCUT2D eigenvalue weighted by Gasteiger charge is 2.12. The van der Waals surface area contributed by atoms with E-state index in [1.807, 2.05) is 11.8 Å². The number of hydrogen-bond acceptors (Lipinski definition) is 2. The van der Waals surface area contributed by atoms with Crippen molar-refractivity contribution in [3.05, 3.63) is 30.3 Å². The quantitative estimate of drug-likeness (QED) is 0.773. The molecule has 0 aliphatic carbocycles. The Morgan fingerprint density at radius 1 is 1.15 bits per heavy atom. The number of rotatable bonds is 2. The molecule has 0 radical (unpaired) electrons. The summed E-state index contributed by atoms with van der Waals surface area (Å²) >= 11 is 2.05. The summed E-state index contributed by atoms with van der Waals surface area (Å²) in [7, 11) is 0. The molecule has 1 aromatic rings. The summed E-state index contributed by atoms with van der Waals surface area (Å²) in [4.78, 5) is 0. The molecule has 1 aliphatic heterocycles. The van der Waals surface area contributed by atoms with Crippen LogP contribution in [0, 0.1) is 0 Å². The third kappa shape index (κ3) is 2.66. The SMILES string of the molecule is c1ccc(NC2CCCCS2)cc1. The fourth-order valence-electron chi connectivity index (χ4n) is 1.57. The Bertz CT molecular complexity index is 242. The van der Waals surface area contributed by atoms with Crippen LogP contribution in [0.25, 0.3) is 0 Å². The summed E-state index contributed by atoms with van der Waals surface area (Å²) in [6, 6.07) is 10.5. The summed E-state index contributed by atoms with van der Waals surface area (Å²) in [6.45, 7) is 0. The van der Waals surface area contributed by atoms with Crippen LogP contribution in [-0.2, 0) is 0 Å². The molecule has 1 aliphatic rings. The predicted octanol–water partition coefficient (Wildman–Crippen LogP) is 3.34. The van der Waals surface area contributed by atoms with Gasteiger partial charge in [0.05, 0.1) is 5.37 Å². The van der Waals surface area contributed by atoms with Gasteiger partial charge in [0.1, 0.15) is 0 Å². The van der Waals surface area contributed by atoms with Crippen LogP contribution < -0.4 is 5.32 Å². The molecule has 0 amide bonds. The maximum atomic E-state index is 3.54. The molecule has 1 atom stereocenters. The van der Waals surface area contributed by atoms with Crippen LogP contribution in [0.3, 0.4) is 0 Å². The van der Waals surface area contributed by atoms with E-state index in [9.17, 15) is 0 Å². The lowest BCUT2D eigenvalue weighted by Gasteiger charge is -2.23. The molecule has 1 unspecified atom stereocenters. The zero-order valence-electron chi connectivity index (χ0n) is 7.70. The molecule has 1 fully saturated rings. The molecular weight excluding hydrogens is 178 g/mol. The fourth-order valence-corrected chi connectivity index (χ4v) is 2.78. The molecule has 2 rings (SSSR count). The maximum Gasteiger partial charge on any atom is 0.0722 e. The molecule has 1 nitrogen and oxygen atoms in total. The highest BCUT2D eigenvalue weighted by molar-refractivity contribution is 8.00. The van der Waals surface area contributed by atoms with Crippen LogP contribution in [0.15, 0.2) is 30.3 Å². The molecular formula is C11H15NS. The Kier molecular flexibility index (Phi) is 3.14. The summed E-state index contributed by atoms with van der Waals surface area (Å²) in [5.41, 5.74) is 1.25. The topological polar surface area (TPSA) is 12.0 Å². The van der Waals surface area contributed by atoms with Gasteiger partial charge in [-0.2, -0.15) is 0 Å². The van der Waals surface area contributed by atoms with Crippen molar-refractivity contribution in [1.29, 1.82) is 0 Å². The first kappa shape index (κ1) is 8.95. The summed E-state index contributed by atoms with van der Waals surface area (Å²) in [5.74, 6) is 1.31. The number of anilines is 1. The van der Waals surface area contributed by atoms with Gasteiger partial charge in [-0.15, -0.1) is 11.8 Å². The van der Waals surface area contributed by atoms with E-state index in [4.69, 9.17) is 0 Å². The van der Waals surface area contributed by atoms with Crippen molar-refractivity contribution < 1.29 is 0 Å². The van der Waals surface area contributed by atoms with Crippen molar-refractivity contribution in [2.75, 3.05) is 11.1 Å². The molecule has 0 spiro atoms. The Balaban J connectivity index is 1.90. The Hall–Kier alpha value is -0.630. The molecule has 1 saturated heterocycles. The largest absolute Gasteiger partial charge is 0.373 e. The van der Waals surface area contributed by atoms with Crippen LogP contribution in [-0.4, -0.2) is 11.1 Å². The van der Waals surface area contributed by atoms with Crippen LogP contribution in [0.2, 0.25) is 0 Å². The van der Waals surface area contributed by atoms with Crippen LogP contribution in [0.5, 0.6) is 0 Å². The second-order valence-corrected chi connectivity index (χ2v) is 4.68. The minimum absolute atomic E-state index is 0.635. The number of hydrogen-bond donors (Lipinski definition) is 1. The van der Waals surface area contributed by atoms with Gasteiger partial charge < -0.3 is 5.32 Å². The van der Waals surface area contributed by atoms with Crippen molar-refractivity contribution in [1.82, 2.24) is 0 Å². The van der Waals surface area contributed by atoms with E-state index in [2.05, 4.69) is 35.6 Å². The zero-order valence-corrected chi connectivity index (χ0v) is 8.52. The van der Waals surface area contributed by atoms with Gasteiger partial charge in [0.25, 0.3) is 0 Å². The minimum atomic E-state index is 0.635. The number of benzene rings is 1. The molecule has 1 heterocycles. The maximum absolute atomic E-state index is 3.54. The number of thioether (sulfide) groups is 1. The highest BCUT2D eigenvalue weighted by atomic mass is 32.2. The van der Waals surface area contributed by atoms with E-state index in [0.717, 1.165) is 0 Å². The van der Waals surface area contributed by atoms with E-state index < -0.39 is 0 Å². The van der Waals surface area contributed by atoms with Crippen LogP contribution in [0.4, 0.5) is 5.69 Å². The van der Waals surface area contributed by atoms with Crippen molar-refractivity contribution in [3.63, 3.8) is 0 Å². The van der Waals surface area contributed by atoms with Gasteiger partial charge in [-0.05, 0) is 37.1 Å². The Labute approximate surface area is 83.9 Å². The van der Waals surface area contributed by atoms with Gasteiger partial charge >= 0.3 is 0 Å². The lowest BCUT2D eigenvalue weighted by atomic mass is 10.2. The third-order valence-corrected chi connectivity index (χ3v) is 3.56. The second kappa shape index (κ2) is 4.56. The number of nitrogens with one attached hydrogen (secondary N) is 1. The van der Waals surface area contributed by atoms with Crippen molar-refractivity contribution in [3.8, 4) is 0 Å². The van der Waals surface area contributed by atoms with E-state index >= 15 is 0 Å². The van der Waals surface area contributed by atoms with Crippen molar-refractivity contribution in [2.45, 2.75) is 24.6 Å². The molecule has 1 N–H and O–H groups in total. The lowest BCUT2D eigenvalue weighted by Crippen LogP contribution is -2.19. The molecule has 2 heteroatoms. The van der Waals surface area contributed by atoms with Gasteiger partial charge in [0, 0.05) is 5.69 Å². The highest BCUT2D eigenvalue weighted by Crippen LogP contribution is 2.26. The standard InChI is InChI=1S/C11H15NS/c1-2-6-10(7-3-1)12-11-8-4-5-9-13-11/h1-3,6-7,11-12H,4-5,8-9H2. The third-order valence-electron chi connectivity index (χ3n) is 2.28. The monoisotopic (exact) mass is 193 g/mol. The van der Waals surface area contributed by atoms with Crippen molar-refractivity contribution >= 4 is 17.4 Å². The summed E-state index contributed by atoms with van der Waals surface area (Å²) in [6.07, 6.45) is 4.06. The first-order chi connectivity index (χ1) is 6.45. The first-order valence-corrected chi connectivity index (χ1v) is 5.93. The molecule has 0 bridgehead atoms. The minimum Gasteiger partial charge on any atom is -0.373 e. The summed E-state index contributed by atoms with van der Waals surface area (Å²) < 4.78 is 0. The van der Waals surface area contributed by atoms with Gasteiger partial charge in [0.2, 0.25) is 0 Å². The van der Waals surface area contributed by atoms with Gasteiger partial charge in [-0.3, -0.25) is 0 Å². The molecule has 0 aromatic heterocycles. The molecule has 70 valence electrons. The predicted molar refractivity (Wildman–Crippen MR) is 60.2 cm³/mol. The second-order valence-electron chi connectivity index (χ2n) is 3.37. The van der Waals surface area contributed by atoms with E-state index in [0.29, 0.717) is 5.37 Å².